The molecule has 2 rings (SSSR count). The predicted octanol–water partition coefficient (Wildman–Crippen LogP) is 1.80. The SMILES string of the molecule is CC(O)C(C)Sc1cc(N)nc(C2CC2)n1. The highest BCUT2D eigenvalue weighted by molar-refractivity contribution is 7.99. The third-order valence-electron chi connectivity index (χ3n) is 2.67. The zero-order valence-electron chi connectivity index (χ0n) is 9.55. The smallest absolute Gasteiger partial charge is 0.135 e. The third-order valence-corrected chi connectivity index (χ3v) is 3.88. The number of hydrogen-bond donors (Lipinski definition) is 2. The molecule has 0 saturated heterocycles. The number of anilines is 1. The van der Waals surface area contributed by atoms with Gasteiger partial charge in [0.2, 0.25) is 0 Å². The number of hydrogen-bond acceptors (Lipinski definition) is 5. The minimum absolute atomic E-state index is 0.112. The molecule has 0 aromatic carbocycles. The van der Waals surface area contributed by atoms with Gasteiger partial charge < -0.3 is 10.8 Å². The first-order valence-electron chi connectivity index (χ1n) is 5.55. The first-order valence-corrected chi connectivity index (χ1v) is 6.43. The molecule has 0 bridgehead atoms. The summed E-state index contributed by atoms with van der Waals surface area (Å²) in [6, 6.07) is 1.77. The molecule has 2 atom stereocenters. The van der Waals surface area contributed by atoms with Crippen LogP contribution < -0.4 is 5.73 Å². The molecule has 88 valence electrons. The molecule has 1 aromatic heterocycles. The Morgan fingerprint density at radius 2 is 2.12 bits per heavy atom. The molecule has 1 aliphatic carbocycles. The lowest BCUT2D eigenvalue weighted by Crippen LogP contribution is -2.15. The van der Waals surface area contributed by atoms with E-state index in [1.54, 1.807) is 24.8 Å². The Labute approximate surface area is 99.7 Å². The lowest BCUT2D eigenvalue weighted by atomic mass is 10.3. The second-order valence-electron chi connectivity index (χ2n) is 4.33. The molecule has 0 amide bonds. The normalized spacial score (nSPS) is 19.4. The number of aliphatic hydroxyl groups excluding tert-OH is 1. The highest BCUT2D eigenvalue weighted by Gasteiger charge is 2.27. The fraction of sp³-hybridized carbons (Fsp3) is 0.636. The molecule has 0 aliphatic heterocycles. The van der Waals surface area contributed by atoms with Crippen molar-refractivity contribution in [1.29, 1.82) is 0 Å². The molecule has 1 aromatic rings. The molecule has 4 nitrogen and oxygen atoms in total. The summed E-state index contributed by atoms with van der Waals surface area (Å²) in [4.78, 5) is 8.72. The van der Waals surface area contributed by atoms with Crippen LogP contribution in [0.25, 0.3) is 0 Å². The summed E-state index contributed by atoms with van der Waals surface area (Å²) in [6.07, 6.45) is 1.98. The van der Waals surface area contributed by atoms with Crippen LogP contribution in [0.2, 0.25) is 0 Å². The van der Waals surface area contributed by atoms with Gasteiger partial charge in [0.15, 0.2) is 0 Å². The Balaban J connectivity index is 2.13. The summed E-state index contributed by atoms with van der Waals surface area (Å²) in [6.45, 7) is 3.76. The Morgan fingerprint density at radius 3 is 2.69 bits per heavy atom. The second kappa shape index (κ2) is 4.59. The molecule has 1 fully saturated rings. The van der Waals surface area contributed by atoms with Gasteiger partial charge in [-0.1, -0.05) is 6.92 Å². The van der Waals surface area contributed by atoms with Crippen molar-refractivity contribution >= 4 is 17.6 Å². The molecule has 0 radical (unpaired) electrons. The standard InChI is InChI=1S/C11H17N3OS/c1-6(15)7(2)16-10-5-9(12)13-11(14-10)8-3-4-8/h5-8,15H,3-4H2,1-2H3,(H2,12,13,14). The number of rotatable bonds is 4. The summed E-state index contributed by atoms with van der Waals surface area (Å²) in [7, 11) is 0. The first kappa shape index (κ1) is 11.7. The van der Waals surface area contributed by atoms with Crippen molar-refractivity contribution in [2.45, 2.75) is 49.0 Å². The van der Waals surface area contributed by atoms with Crippen molar-refractivity contribution < 1.29 is 5.11 Å². The van der Waals surface area contributed by atoms with E-state index in [2.05, 4.69) is 9.97 Å². The minimum atomic E-state index is -0.356. The van der Waals surface area contributed by atoms with Crippen LogP contribution in [0.4, 0.5) is 5.82 Å². The van der Waals surface area contributed by atoms with E-state index in [4.69, 9.17) is 5.73 Å². The van der Waals surface area contributed by atoms with Gasteiger partial charge in [0.1, 0.15) is 16.7 Å². The Hall–Kier alpha value is -0.810. The number of nitrogen functional groups attached to an aromatic ring is 1. The molecular weight excluding hydrogens is 222 g/mol. The van der Waals surface area contributed by atoms with Gasteiger partial charge in [0, 0.05) is 17.2 Å². The maximum absolute atomic E-state index is 9.45. The third kappa shape index (κ3) is 2.86. The van der Waals surface area contributed by atoms with Crippen LogP contribution in [-0.2, 0) is 0 Å². The van der Waals surface area contributed by atoms with Crippen LogP contribution in [0.1, 0.15) is 38.4 Å². The fourth-order valence-corrected chi connectivity index (χ4v) is 2.25. The number of thioether (sulfide) groups is 1. The van der Waals surface area contributed by atoms with Gasteiger partial charge in [-0.15, -0.1) is 11.8 Å². The van der Waals surface area contributed by atoms with Crippen LogP contribution in [0.5, 0.6) is 0 Å². The van der Waals surface area contributed by atoms with Gasteiger partial charge in [-0.3, -0.25) is 0 Å². The first-order chi connectivity index (χ1) is 7.56. The van der Waals surface area contributed by atoms with Crippen LogP contribution in [0.3, 0.4) is 0 Å². The molecule has 1 heterocycles. The monoisotopic (exact) mass is 239 g/mol. The molecule has 1 saturated carbocycles. The quantitative estimate of drug-likeness (QED) is 0.619. The molecule has 3 N–H and O–H groups in total. The van der Waals surface area contributed by atoms with Gasteiger partial charge in [0.25, 0.3) is 0 Å². The highest BCUT2D eigenvalue weighted by Crippen LogP contribution is 2.39. The zero-order chi connectivity index (χ0) is 11.7. The number of aromatic nitrogens is 2. The van der Waals surface area contributed by atoms with Crippen molar-refractivity contribution in [3.05, 3.63) is 11.9 Å². The van der Waals surface area contributed by atoms with Gasteiger partial charge in [-0.05, 0) is 19.8 Å². The predicted molar refractivity (Wildman–Crippen MR) is 65.4 cm³/mol. The largest absolute Gasteiger partial charge is 0.392 e. The zero-order valence-corrected chi connectivity index (χ0v) is 10.4. The summed E-state index contributed by atoms with van der Waals surface area (Å²) in [5.41, 5.74) is 5.75. The fourth-order valence-electron chi connectivity index (χ4n) is 1.33. The van der Waals surface area contributed by atoms with Crippen molar-refractivity contribution in [3.8, 4) is 0 Å². The number of aliphatic hydroxyl groups is 1. The number of nitrogens with two attached hydrogens (primary N) is 1. The van der Waals surface area contributed by atoms with Crippen LogP contribution >= 0.6 is 11.8 Å². The lowest BCUT2D eigenvalue weighted by molar-refractivity contribution is 0.196. The second-order valence-corrected chi connectivity index (χ2v) is 5.72. The van der Waals surface area contributed by atoms with Crippen LogP contribution in [-0.4, -0.2) is 26.4 Å². The Kier molecular flexibility index (Phi) is 3.35. The van der Waals surface area contributed by atoms with Crippen molar-refractivity contribution in [3.63, 3.8) is 0 Å². The summed E-state index contributed by atoms with van der Waals surface area (Å²) in [5, 5.41) is 10.4. The lowest BCUT2D eigenvalue weighted by Gasteiger charge is -2.13. The van der Waals surface area contributed by atoms with Gasteiger partial charge >= 0.3 is 0 Å². The van der Waals surface area contributed by atoms with E-state index in [1.807, 2.05) is 6.92 Å². The Bertz CT molecular complexity index is 379. The molecular formula is C11H17N3OS. The average Bonchev–Trinajstić information content (AvgIpc) is 2.99. The van der Waals surface area contributed by atoms with Gasteiger partial charge in [-0.2, -0.15) is 0 Å². The van der Waals surface area contributed by atoms with E-state index >= 15 is 0 Å². The van der Waals surface area contributed by atoms with E-state index < -0.39 is 0 Å². The van der Waals surface area contributed by atoms with Gasteiger partial charge in [-0.25, -0.2) is 9.97 Å². The van der Waals surface area contributed by atoms with Crippen molar-refractivity contribution in [1.82, 2.24) is 9.97 Å². The maximum Gasteiger partial charge on any atom is 0.135 e. The summed E-state index contributed by atoms with van der Waals surface area (Å²) in [5.74, 6) is 1.89. The topological polar surface area (TPSA) is 72.0 Å². The maximum atomic E-state index is 9.45. The van der Waals surface area contributed by atoms with E-state index in [9.17, 15) is 5.11 Å². The van der Waals surface area contributed by atoms with E-state index in [0.29, 0.717) is 11.7 Å². The average molecular weight is 239 g/mol. The van der Waals surface area contributed by atoms with E-state index in [1.165, 1.54) is 12.8 Å². The van der Waals surface area contributed by atoms with Crippen molar-refractivity contribution in [2.24, 2.45) is 0 Å². The van der Waals surface area contributed by atoms with Crippen LogP contribution in [0.15, 0.2) is 11.1 Å². The molecule has 5 heteroatoms. The molecule has 1 aliphatic rings. The van der Waals surface area contributed by atoms with Crippen molar-refractivity contribution in [2.75, 3.05) is 5.73 Å². The Morgan fingerprint density at radius 1 is 1.44 bits per heavy atom. The van der Waals surface area contributed by atoms with E-state index in [0.717, 1.165) is 10.9 Å². The summed E-state index contributed by atoms with van der Waals surface area (Å²) >= 11 is 1.54. The van der Waals surface area contributed by atoms with Gasteiger partial charge in [0.05, 0.1) is 6.10 Å². The number of nitrogens with zero attached hydrogens (tertiary/aromatic N) is 2. The summed E-state index contributed by atoms with van der Waals surface area (Å²) < 4.78 is 0. The highest BCUT2D eigenvalue weighted by atomic mass is 32.2. The minimum Gasteiger partial charge on any atom is -0.392 e. The molecule has 16 heavy (non-hydrogen) atoms. The van der Waals surface area contributed by atoms with E-state index in [-0.39, 0.29) is 11.4 Å². The molecule has 0 spiro atoms. The molecule has 2 unspecified atom stereocenters. The van der Waals surface area contributed by atoms with Crippen LogP contribution in [0, 0.1) is 0 Å².